The van der Waals surface area contributed by atoms with Crippen LogP contribution >= 0.6 is 0 Å². The molecule has 0 saturated carbocycles. The smallest absolute Gasteiger partial charge is 0.343 e. The molecule has 6 heteroatoms. The number of benzene rings is 3. The van der Waals surface area contributed by atoms with Gasteiger partial charge in [0.05, 0.1) is 18.6 Å². The first-order valence-corrected chi connectivity index (χ1v) is 9.64. The zero-order valence-electron chi connectivity index (χ0n) is 17.1. The maximum atomic E-state index is 12.5. The summed E-state index contributed by atoms with van der Waals surface area (Å²) in [6.45, 7) is 1.91. The molecule has 31 heavy (non-hydrogen) atoms. The van der Waals surface area contributed by atoms with Crippen LogP contribution in [0.5, 0.6) is 17.2 Å². The second-order valence-electron chi connectivity index (χ2n) is 7.16. The average molecular weight is 412 g/mol. The van der Waals surface area contributed by atoms with E-state index in [-0.39, 0.29) is 5.88 Å². The number of nitriles is 1. The van der Waals surface area contributed by atoms with E-state index in [4.69, 9.17) is 19.9 Å². The highest BCUT2D eigenvalue weighted by Gasteiger charge is 2.31. The molecule has 3 aromatic rings. The third kappa shape index (κ3) is 3.94. The summed E-state index contributed by atoms with van der Waals surface area (Å²) in [7, 11) is 1.59. The summed E-state index contributed by atoms with van der Waals surface area (Å²) in [5.74, 6) is 0.634. The maximum Gasteiger partial charge on any atom is 0.343 e. The first-order valence-electron chi connectivity index (χ1n) is 9.64. The van der Waals surface area contributed by atoms with Crippen LogP contribution < -0.4 is 19.9 Å². The molecular formula is C25H20N2O4. The summed E-state index contributed by atoms with van der Waals surface area (Å²) in [6.07, 6.45) is 0. The Morgan fingerprint density at radius 1 is 1.06 bits per heavy atom. The molecule has 0 amide bonds. The van der Waals surface area contributed by atoms with Gasteiger partial charge in [-0.3, -0.25) is 0 Å². The molecule has 1 aliphatic rings. The van der Waals surface area contributed by atoms with Crippen LogP contribution in [0.1, 0.15) is 33.0 Å². The standard InChI is InChI=1S/C25H20N2O4/c1-15-4-3-5-17(12-15)25(28)30-19-10-11-20-22(13-19)31-24(27)21(14-26)23(20)16-6-8-18(29-2)9-7-16/h3-13,23H,27H2,1-2H3. The summed E-state index contributed by atoms with van der Waals surface area (Å²) in [5.41, 5.74) is 9.42. The maximum absolute atomic E-state index is 12.5. The quantitative estimate of drug-likeness (QED) is 0.503. The number of nitrogens with two attached hydrogens (primary N) is 1. The van der Waals surface area contributed by atoms with Gasteiger partial charge in [-0.2, -0.15) is 5.26 Å². The monoisotopic (exact) mass is 412 g/mol. The van der Waals surface area contributed by atoms with Crippen molar-refractivity contribution in [2.24, 2.45) is 5.73 Å². The molecule has 0 aliphatic carbocycles. The van der Waals surface area contributed by atoms with Crippen molar-refractivity contribution in [3.63, 3.8) is 0 Å². The number of methoxy groups -OCH3 is 1. The van der Waals surface area contributed by atoms with E-state index in [1.165, 1.54) is 0 Å². The molecule has 0 saturated heterocycles. The minimum atomic E-state index is -0.465. The first-order chi connectivity index (χ1) is 15.0. The molecule has 0 fully saturated rings. The van der Waals surface area contributed by atoms with Crippen LogP contribution in [0.3, 0.4) is 0 Å². The van der Waals surface area contributed by atoms with E-state index in [1.807, 2.05) is 37.3 Å². The van der Waals surface area contributed by atoms with Gasteiger partial charge in [0.15, 0.2) is 0 Å². The van der Waals surface area contributed by atoms with E-state index < -0.39 is 11.9 Å². The number of fused-ring (bicyclic) bond motifs is 1. The molecule has 3 aromatic carbocycles. The number of nitrogens with zero attached hydrogens (tertiary/aromatic N) is 1. The van der Waals surface area contributed by atoms with Gasteiger partial charge in [-0.15, -0.1) is 0 Å². The predicted octanol–water partition coefficient (Wildman–Crippen LogP) is 4.44. The predicted molar refractivity (Wildman–Crippen MR) is 115 cm³/mol. The number of hydrogen-bond acceptors (Lipinski definition) is 6. The fourth-order valence-corrected chi connectivity index (χ4v) is 3.58. The summed E-state index contributed by atoms with van der Waals surface area (Å²) in [4.78, 5) is 12.5. The van der Waals surface area contributed by atoms with Crippen LogP contribution in [0.4, 0.5) is 0 Å². The third-order valence-electron chi connectivity index (χ3n) is 5.10. The Morgan fingerprint density at radius 2 is 1.81 bits per heavy atom. The highest BCUT2D eigenvalue weighted by molar-refractivity contribution is 5.91. The Morgan fingerprint density at radius 3 is 2.48 bits per heavy atom. The third-order valence-corrected chi connectivity index (χ3v) is 5.10. The van der Waals surface area contributed by atoms with Crippen LogP contribution in [0, 0.1) is 18.3 Å². The zero-order chi connectivity index (χ0) is 22.0. The van der Waals surface area contributed by atoms with E-state index in [0.29, 0.717) is 28.4 Å². The molecule has 0 aromatic heterocycles. The number of carbonyl (C=O) groups excluding carboxylic acids is 1. The van der Waals surface area contributed by atoms with E-state index in [0.717, 1.165) is 16.7 Å². The fourth-order valence-electron chi connectivity index (χ4n) is 3.58. The van der Waals surface area contributed by atoms with E-state index in [2.05, 4.69) is 6.07 Å². The van der Waals surface area contributed by atoms with Gasteiger partial charge in [0.2, 0.25) is 5.88 Å². The lowest BCUT2D eigenvalue weighted by atomic mass is 9.83. The SMILES string of the molecule is COc1ccc(C2C(C#N)=C(N)Oc3cc(OC(=O)c4cccc(C)c4)ccc32)cc1. The summed E-state index contributed by atoms with van der Waals surface area (Å²) in [5, 5.41) is 9.68. The molecule has 0 radical (unpaired) electrons. The van der Waals surface area contributed by atoms with Gasteiger partial charge in [0.1, 0.15) is 28.9 Å². The van der Waals surface area contributed by atoms with Crippen LogP contribution in [-0.4, -0.2) is 13.1 Å². The van der Waals surface area contributed by atoms with Crippen LogP contribution in [0.15, 0.2) is 78.2 Å². The van der Waals surface area contributed by atoms with Crippen molar-refractivity contribution >= 4 is 5.97 Å². The largest absolute Gasteiger partial charge is 0.497 e. The molecule has 1 atom stereocenters. The van der Waals surface area contributed by atoms with Crippen molar-refractivity contribution < 1.29 is 19.0 Å². The van der Waals surface area contributed by atoms with Crippen LogP contribution in [0.25, 0.3) is 0 Å². The normalized spacial score (nSPS) is 14.8. The molecule has 1 heterocycles. The lowest BCUT2D eigenvalue weighted by molar-refractivity contribution is 0.0734. The number of hydrogen-bond donors (Lipinski definition) is 1. The molecule has 1 unspecified atom stereocenters. The lowest BCUT2D eigenvalue weighted by Gasteiger charge is -2.26. The molecule has 154 valence electrons. The first kappa shape index (κ1) is 20.0. The minimum absolute atomic E-state index is 0.0259. The van der Waals surface area contributed by atoms with Gasteiger partial charge in [-0.1, -0.05) is 35.9 Å². The number of carbonyl (C=O) groups is 1. The van der Waals surface area contributed by atoms with Gasteiger partial charge >= 0.3 is 5.97 Å². The number of rotatable bonds is 4. The molecule has 6 nitrogen and oxygen atoms in total. The van der Waals surface area contributed by atoms with Crippen LogP contribution in [-0.2, 0) is 0 Å². The summed E-state index contributed by atoms with van der Waals surface area (Å²) < 4.78 is 16.4. The average Bonchev–Trinajstić information content (AvgIpc) is 2.78. The van der Waals surface area contributed by atoms with Gasteiger partial charge in [0.25, 0.3) is 0 Å². The highest BCUT2D eigenvalue weighted by atomic mass is 16.5. The van der Waals surface area contributed by atoms with Crippen molar-refractivity contribution in [3.05, 3.63) is 100 Å². The number of aryl methyl sites for hydroxylation is 1. The second-order valence-corrected chi connectivity index (χ2v) is 7.16. The van der Waals surface area contributed by atoms with Crippen molar-refractivity contribution in [2.75, 3.05) is 7.11 Å². The molecule has 0 spiro atoms. The Balaban J connectivity index is 1.68. The number of allylic oxidation sites excluding steroid dienone is 1. The Kier molecular flexibility index (Phi) is 5.33. The minimum Gasteiger partial charge on any atom is -0.497 e. The van der Waals surface area contributed by atoms with E-state index in [1.54, 1.807) is 43.5 Å². The zero-order valence-corrected chi connectivity index (χ0v) is 17.1. The van der Waals surface area contributed by atoms with Gasteiger partial charge in [-0.05, 0) is 42.8 Å². The van der Waals surface area contributed by atoms with Crippen molar-refractivity contribution in [1.82, 2.24) is 0 Å². The highest BCUT2D eigenvalue weighted by Crippen LogP contribution is 2.43. The second kappa shape index (κ2) is 8.25. The molecule has 4 rings (SSSR count). The Hall–Kier alpha value is -4.24. The molecular weight excluding hydrogens is 392 g/mol. The summed E-state index contributed by atoms with van der Waals surface area (Å²) in [6, 6.07) is 21.8. The van der Waals surface area contributed by atoms with Crippen LogP contribution in [0.2, 0.25) is 0 Å². The number of ether oxygens (including phenoxy) is 3. The Labute approximate surface area is 180 Å². The Bertz CT molecular complexity index is 1220. The van der Waals surface area contributed by atoms with Crippen molar-refractivity contribution in [3.8, 4) is 23.3 Å². The van der Waals surface area contributed by atoms with Gasteiger partial charge in [-0.25, -0.2) is 4.79 Å². The van der Waals surface area contributed by atoms with Gasteiger partial charge < -0.3 is 19.9 Å². The molecule has 2 N–H and O–H groups in total. The molecule has 0 bridgehead atoms. The molecule has 1 aliphatic heterocycles. The topological polar surface area (TPSA) is 94.6 Å². The number of esters is 1. The van der Waals surface area contributed by atoms with Gasteiger partial charge in [0, 0.05) is 11.6 Å². The fraction of sp³-hybridized carbons (Fsp3) is 0.120. The van der Waals surface area contributed by atoms with Crippen molar-refractivity contribution in [2.45, 2.75) is 12.8 Å². The lowest BCUT2D eigenvalue weighted by Crippen LogP contribution is -2.21. The van der Waals surface area contributed by atoms with E-state index >= 15 is 0 Å². The summed E-state index contributed by atoms with van der Waals surface area (Å²) >= 11 is 0. The van der Waals surface area contributed by atoms with E-state index in [9.17, 15) is 10.1 Å². The van der Waals surface area contributed by atoms with Crippen molar-refractivity contribution in [1.29, 1.82) is 5.26 Å².